The van der Waals surface area contributed by atoms with Crippen LogP contribution >= 0.6 is 15.9 Å². The van der Waals surface area contributed by atoms with Crippen molar-refractivity contribution in [1.29, 1.82) is 0 Å². The van der Waals surface area contributed by atoms with Gasteiger partial charge in [0.15, 0.2) is 0 Å². The standard InChI is InChI=1S/C8H12BrNO4/c1-3-4-5(9)8(13-2)6(11)14-7(12)10-8/h5H,3-4H2,1-2H3,(H,10,12). The zero-order valence-electron chi connectivity index (χ0n) is 8.00. The van der Waals surface area contributed by atoms with E-state index in [9.17, 15) is 9.59 Å². The molecule has 14 heavy (non-hydrogen) atoms. The Balaban J connectivity index is 2.85. The van der Waals surface area contributed by atoms with Gasteiger partial charge in [0.25, 0.3) is 5.72 Å². The lowest BCUT2D eigenvalue weighted by Crippen LogP contribution is -2.55. The summed E-state index contributed by atoms with van der Waals surface area (Å²) in [6.07, 6.45) is 0.797. The Hall–Kier alpha value is -0.620. The predicted octanol–water partition coefficient (Wildman–Crippen LogP) is 1.16. The molecule has 5 nitrogen and oxygen atoms in total. The first-order valence-corrected chi connectivity index (χ1v) is 5.22. The average Bonchev–Trinajstić information content (AvgIpc) is 2.42. The van der Waals surface area contributed by atoms with E-state index < -0.39 is 17.8 Å². The highest BCUT2D eigenvalue weighted by atomic mass is 79.9. The number of amides is 1. The lowest BCUT2D eigenvalue weighted by atomic mass is 10.1. The Morgan fingerprint density at radius 3 is 2.64 bits per heavy atom. The molecule has 1 fully saturated rings. The predicted molar refractivity (Wildman–Crippen MR) is 52.0 cm³/mol. The van der Waals surface area contributed by atoms with Crippen molar-refractivity contribution < 1.29 is 19.1 Å². The fraction of sp³-hybridized carbons (Fsp3) is 0.750. The number of halogens is 1. The Bertz CT molecular complexity index is 258. The van der Waals surface area contributed by atoms with Crippen molar-refractivity contribution in [2.45, 2.75) is 30.3 Å². The van der Waals surface area contributed by atoms with Gasteiger partial charge in [-0.05, 0) is 6.42 Å². The third kappa shape index (κ3) is 1.76. The number of rotatable bonds is 4. The third-order valence-corrected chi connectivity index (χ3v) is 3.18. The summed E-state index contributed by atoms with van der Waals surface area (Å²) < 4.78 is 9.43. The highest BCUT2D eigenvalue weighted by Crippen LogP contribution is 2.28. The summed E-state index contributed by atoms with van der Waals surface area (Å²) in [7, 11) is 1.36. The summed E-state index contributed by atoms with van der Waals surface area (Å²) in [6.45, 7) is 1.97. The highest BCUT2D eigenvalue weighted by molar-refractivity contribution is 9.09. The number of ether oxygens (including phenoxy) is 2. The van der Waals surface area contributed by atoms with Gasteiger partial charge in [0.2, 0.25) is 0 Å². The van der Waals surface area contributed by atoms with Crippen LogP contribution in [0.25, 0.3) is 0 Å². The maximum atomic E-state index is 11.4. The van der Waals surface area contributed by atoms with E-state index in [2.05, 4.69) is 26.0 Å². The number of carbonyl (C=O) groups excluding carboxylic acids is 2. The molecule has 80 valence electrons. The van der Waals surface area contributed by atoms with Gasteiger partial charge in [0, 0.05) is 7.11 Å². The summed E-state index contributed by atoms with van der Waals surface area (Å²) in [5, 5.41) is 2.37. The number of carbonyl (C=O) groups is 2. The fourth-order valence-electron chi connectivity index (χ4n) is 1.31. The summed E-state index contributed by atoms with van der Waals surface area (Å²) in [6, 6.07) is 0. The van der Waals surface area contributed by atoms with Gasteiger partial charge in [-0.15, -0.1) is 0 Å². The molecule has 0 saturated carbocycles. The molecule has 1 saturated heterocycles. The van der Waals surface area contributed by atoms with E-state index in [0.29, 0.717) is 6.42 Å². The molecule has 0 aliphatic carbocycles. The number of alkyl carbamates (subject to hydrolysis) is 1. The van der Waals surface area contributed by atoms with Crippen LogP contribution < -0.4 is 5.32 Å². The highest BCUT2D eigenvalue weighted by Gasteiger charge is 2.54. The van der Waals surface area contributed by atoms with E-state index in [1.807, 2.05) is 6.92 Å². The van der Waals surface area contributed by atoms with Gasteiger partial charge in [-0.3, -0.25) is 5.32 Å². The Morgan fingerprint density at radius 2 is 2.29 bits per heavy atom. The molecule has 1 heterocycles. The van der Waals surface area contributed by atoms with Gasteiger partial charge in [-0.1, -0.05) is 29.3 Å². The van der Waals surface area contributed by atoms with Gasteiger partial charge in [0.1, 0.15) is 0 Å². The van der Waals surface area contributed by atoms with Crippen molar-refractivity contribution in [1.82, 2.24) is 5.32 Å². The molecular formula is C8H12BrNO4. The maximum Gasteiger partial charge on any atom is 0.417 e. The molecule has 0 spiro atoms. The van der Waals surface area contributed by atoms with Crippen LogP contribution in [0, 0.1) is 0 Å². The monoisotopic (exact) mass is 265 g/mol. The number of methoxy groups -OCH3 is 1. The first-order valence-electron chi connectivity index (χ1n) is 4.30. The molecule has 6 heteroatoms. The van der Waals surface area contributed by atoms with Crippen molar-refractivity contribution in [3.05, 3.63) is 0 Å². The second-order valence-electron chi connectivity index (χ2n) is 3.00. The first-order chi connectivity index (χ1) is 6.56. The number of hydrogen-bond acceptors (Lipinski definition) is 4. The second kappa shape index (κ2) is 4.27. The van der Waals surface area contributed by atoms with Crippen LogP contribution in [0.5, 0.6) is 0 Å². The number of cyclic esters (lactones) is 2. The van der Waals surface area contributed by atoms with E-state index >= 15 is 0 Å². The van der Waals surface area contributed by atoms with Gasteiger partial charge < -0.3 is 9.47 Å². The quantitative estimate of drug-likeness (QED) is 0.471. The molecule has 0 radical (unpaired) electrons. The van der Waals surface area contributed by atoms with Crippen LogP contribution in [0.4, 0.5) is 4.79 Å². The van der Waals surface area contributed by atoms with Crippen LogP contribution in [-0.2, 0) is 14.3 Å². The average molecular weight is 266 g/mol. The van der Waals surface area contributed by atoms with Crippen molar-refractivity contribution in [2.24, 2.45) is 0 Å². The van der Waals surface area contributed by atoms with Crippen molar-refractivity contribution in [3.8, 4) is 0 Å². The van der Waals surface area contributed by atoms with Crippen molar-refractivity contribution in [2.75, 3.05) is 7.11 Å². The SMILES string of the molecule is CCCC(Br)C1(OC)NC(=O)OC1=O. The minimum atomic E-state index is -1.37. The Kier molecular flexibility index (Phi) is 3.49. The molecule has 1 amide bonds. The minimum Gasteiger partial charge on any atom is -0.373 e. The second-order valence-corrected chi connectivity index (χ2v) is 4.10. The van der Waals surface area contributed by atoms with Gasteiger partial charge in [-0.2, -0.15) is 0 Å². The molecular weight excluding hydrogens is 254 g/mol. The molecule has 1 N–H and O–H groups in total. The van der Waals surface area contributed by atoms with Crippen LogP contribution in [0.15, 0.2) is 0 Å². The normalized spacial score (nSPS) is 28.5. The minimum absolute atomic E-state index is 0.288. The topological polar surface area (TPSA) is 64.6 Å². The summed E-state index contributed by atoms with van der Waals surface area (Å²) in [5.74, 6) is -0.694. The lowest BCUT2D eigenvalue weighted by molar-refractivity contribution is -0.155. The molecule has 1 rings (SSSR count). The molecule has 2 atom stereocenters. The van der Waals surface area contributed by atoms with E-state index in [0.717, 1.165) is 6.42 Å². The van der Waals surface area contributed by atoms with E-state index in [1.165, 1.54) is 7.11 Å². The van der Waals surface area contributed by atoms with E-state index in [-0.39, 0.29) is 4.83 Å². The molecule has 1 aliphatic rings. The molecule has 0 aromatic heterocycles. The zero-order chi connectivity index (χ0) is 10.8. The largest absolute Gasteiger partial charge is 0.417 e. The number of esters is 1. The molecule has 0 aromatic carbocycles. The molecule has 2 unspecified atom stereocenters. The van der Waals surface area contributed by atoms with Crippen LogP contribution in [0.3, 0.4) is 0 Å². The summed E-state index contributed by atoms with van der Waals surface area (Å²) >= 11 is 3.31. The van der Waals surface area contributed by atoms with Gasteiger partial charge in [-0.25, -0.2) is 9.59 Å². The maximum absolute atomic E-state index is 11.4. The Morgan fingerprint density at radius 1 is 1.64 bits per heavy atom. The number of hydrogen-bond donors (Lipinski definition) is 1. The molecule has 1 aliphatic heterocycles. The van der Waals surface area contributed by atoms with Crippen molar-refractivity contribution in [3.63, 3.8) is 0 Å². The zero-order valence-corrected chi connectivity index (χ0v) is 9.59. The first kappa shape index (κ1) is 11.5. The Labute approximate surface area is 90.3 Å². The van der Waals surface area contributed by atoms with E-state index in [4.69, 9.17) is 4.74 Å². The van der Waals surface area contributed by atoms with Crippen LogP contribution in [0.1, 0.15) is 19.8 Å². The van der Waals surface area contributed by atoms with Crippen LogP contribution in [0.2, 0.25) is 0 Å². The lowest BCUT2D eigenvalue weighted by Gasteiger charge is -2.27. The third-order valence-electron chi connectivity index (χ3n) is 2.08. The van der Waals surface area contributed by atoms with E-state index in [1.54, 1.807) is 0 Å². The molecule has 0 bridgehead atoms. The van der Waals surface area contributed by atoms with Crippen LogP contribution in [-0.4, -0.2) is 29.7 Å². The van der Waals surface area contributed by atoms with Crippen molar-refractivity contribution >= 4 is 28.0 Å². The molecule has 0 aromatic rings. The fourth-order valence-corrected chi connectivity index (χ4v) is 2.26. The smallest absolute Gasteiger partial charge is 0.373 e. The summed E-state index contributed by atoms with van der Waals surface area (Å²) in [4.78, 5) is 22.0. The van der Waals surface area contributed by atoms with Gasteiger partial charge in [0.05, 0.1) is 4.83 Å². The number of nitrogens with one attached hydrogen (secondary N) is 1. The van der Waals surface area contributed by atoms with Gasteiger partial charge >= 0.3 is 12.1 Å². The number of alkyl halides is 1. The summed E-state index contributed by atoms with van der Waals surface area (Å²) in [5.41, 5.74) is -1.37.